The van der Waals surface area contributed by atoms with Crippen molar-refractivity contribution >= 4 is 43.2 Å². The summed E-state index contributed by atoms with van der Waals surface area (Å²) in [6, 6.07) is 7.09. The fraction of sp³-hybridized carbons (Fsp3) is 0.333. The summed E-state index contributed by atoms with van der Waals surface area (Å²) in [4.78, 5) is 1.17. The van der Waals surface area contributed by atoms with E-state index in [1.54, 1.807) is 17.4 Å². The van der Waals surface area contributed by atoms with Gasteiger partial charge in [0.15, 0.2) is 0 Å². The number of benzene rings is 1. The Morgan fingerprint density at radius 2 is 2.05 bits per heavy atom. The Labute approximate surface area is 139 Å². The zero-order valence-corrected chi connectivity index (χ0v) is 15.3. The highest BCUT2D eigenvalue weighted by molar-refractivity contribution is 9.13. The molecule has 0 fully saturated rings. The lowest BCUT2D eigenvalue weighted by Gasteiger charge is -2.20. The highest BCUT2D eigenvalue weighted by Gasteiger charge is 2.19. The molecule has 0 saturated heterocycles. The van der Waals surface area contributed by atoms with Gasteiger partial charge in [-0.15, -0.1) is 11.3 Å². The third-order valence-corrected chi connectivity index (χ3v) is 6.42. The average Bonchev–Trinajstić information content (AvgIpc) is 2.74. The molecule has 2 rings (SSSR count). The molecule has 108 valence electrons. The van der Waals surface area contributed by atoms with Crippen LogP contribution in [0.5, 0.6) is 0 Å². The van der Waals surface area contributed by atoms with Crippen LogP contribution in [0.15, 0.2) is 32.5 Å². The summed E-state index contributed by atoms with van der Waals surface area (Å²) in [6.07, 6.45) is 1.04. The first-order valence-corrected chi connectivity index (χ1v) is 8.87. The van der Waals surface area contributed by atoms with Gasteiger partial charge in [0, 0.05) is 9.35 Å². The molecule has 1 aromatic carbocycles. The van der Waals surface area contributed by atoms with Crippen molar-refractivity contribution in [3.05, 3.63) is 54.3 Å². The van der Waals surface area contributed by atoms with Crippen LogP contribution in [-0.2, 0) is 0 Å². The molecule has 0 spiro atoms. The molecule has 20 heavy (non-hydrogen) atoms. The molecular formula is C15H16Br2FNS. The molecule has 0 aliphatic rings. The lowest BCUT2D eigenvalue weighted by atomic mass is 9.99. The maximum absolute atomic E-state index is 13.6. The molecular weight excluding hydrogens is 405 g/mol. The topological polar surface area (TPSA) is 12.0 Å². The average molecular weight is 421 g/mol. The zero-order valence-electron chi connectivity index (χ0n) is 11.3. The van der Waals surface area contributed by atoms with Crippen LogP contribution in [0.2, 0.25) is 0 Å². The van der Waals surface area contributed by atoms with E-state index in [2.05, 4.69) is 50.2 Å². The quantitative estimate of drug-likeness (QED) is 0.643. The number of halogens is 3. The zero-order chi connectivity index (χ0) is 14.7. The summed E-state index contributed by atoms with van der Waals surface area (Å²) in [5.74, 6) is -0.191. The fourth-order valence-electron chi connectivity index (χ4n) is 2.08. The molecule has 1 aromatic heterocycles. The molecule has 1 unspecified atom stereocenters. The summed E-state index contributed by atoms with van der Waals surface area (Å²) >= 11 is 8.71. The summed E-state index contributed by atoms with van der Waals surface area (Å²) in [7, 11) is 0. The van der Waals surface area contributed by atoms with E-state index in [0.29, 0.717) is 0 Å². The van der Waals surface area contributed by atoms with E-state index in [-0.39, 0.29) is 11.9 Å². The number of rotatable bonds is 5. The van der Waals surface area contributed by atoms with E-state index in [1.165, 1.54) is 10.9 Å². The van der Waals surface area contributed by atoms with E-state index >= 15 is 0 Å². The van der Waals surface area contributed by atoms with Crippen molar-refractivity contribution in [1.29, 1.82) is 0 Å². The molecule has 0 aliphatic carbocycles. The SMILES string of the molecule is CCCNC(c1cc(Br)c(Br)s1)c1cc(F)ccc1C. The molecule has 1 nitrogen and oxygen atoms in total. The first-order valence-electron chi connectivity index (χ1n) is 6.47. The summed E-state index contributed by atoms with van der Waals surface area (Å²) in [5, 5.41) is 3.51. The molecule has 0 radical (unpaired) electrons. The number of hydrogen-bond donors (Lipinski definition) is 1. The minimum Gasteiger partial charge on any atom is -0.306 e. The number of aryl methyl sites for hydroxylation is 1. The van der Waals surface area contributed by atoms with Gasteiger partial charge in [0.05, 0.1) is 9.83 Å². The van der Waals surface area contributed by atoms with Crippen molar-refractivity contribution in [3.8, 4) is 0 Å². The normalized spacial score (nSPS) is 12.7. The van der Waals surface area contributed by atoms with E-state index < -0.39 is 0 Å². The second-order valence-corrected chi connectivity index (χ2v) is 7.91. The van der Waals surface area contributed by atoms with Crippen LogP contribution in [0, 0.1) is 12.7 Å². The first kappa shape index (κ1) is 16.1. The highest BCUT2D eigenvalue weighted by Crippen LogP contribution is 2.38. The van der Waals surface area contributed by atoms with Crippen LogP contribution in [0.4, 0.5) is 4.39 Å². The van der Waals surface area contributed by atoms with Crippen LogP contribution >= 0.6 is 43.2 Å². The predicted molar refractivity (Wildman–Crippen MR) is 91.0 cm³/mol. The largest absolute Gasteiger partial charge is 0.306 e. The maximum atomic E-state index is 13.6. The van der Waals surface area contributed by atoms with Gasteiger partial charge >= 0.3 is 0 Å². The van der Waals surface area contributed by atoms with Gasteiger partial charge in [-0.25, -0.2) is 4.39 Å². The fourth-order valence-corrected chi connectivity index (χ4v) is 4.26. The molecule has 1 atom stereocenters. The van der Waals surface area contributed by atoms with Gasteiger partial charge in [0.1, 0.15) is 5.82 Å². The van der Waals surface area contributed by atoms with Crippen LogP contribution in [0.3, 0.4) is 0 Å². The van der Waals surface area contributed by atoms with Gasteiger partial charge < -0.3 is 5.32 Å². The Morgan fingerprint density at radius 3 is 2.65 bits per heavy atom. The Morgan fingerprint density at radius 1 is 1.30 bits per heavy atom. The van der Waals surface area contributed by atoms with Gasteiger partial charge in [0.25, 0.3) is 0 Å². The van der Waals surface area contributed by atoms with Gasteiger partial charge in [-0.2, -0.15) is 0 Å². The van der Waals surface area contributed by atoms with Crippen molar-refractivity contribution in [3.63, 3.8) is 0 Å². The smallest absolute Gasteiger partial charge is 0.123 e. The van der Waals surface area contributed by atoms with Crippen LogP contribution in [0.1, 0.15) is 35.4 Å². The monoisotopic (exact) mass is 419 g/mol. The summed E-state index contributed by atoms with van der Waals surface area (Å²) < 4.78 is 15.7. The van der Waals surface area contributed by atoms with E-state index in [9.17, 15) is 4.39 Å². The second kappa shape index (κ2) is 7.16. The molecule has 1 heterocycles. The third-order valence-electron chi connectivity index (χ3n) is 3.10. The molecule has 0 bridgehead atoms. The molecule has 2 aromatic rings. The van der Waals surface area contributed by atoms with Crippen molar-refractivity contribution in [2.45, 2.75) is 26.3 Å². The predicted octanol–water partition coefficient (Wildman–Crippen LogP) is 5.81. The minimum absolute atomic E-state index is 0.0262. The molecule has 1 N–H and O–H groups in total. The lowest BCUT2D eigenvalue weighted by Crippen LogP contribution is -2.23. The van der Waals surface area contributed by atoms with E-state index in [1.807, 2.05) is 13.0 Å². The summed E-state index contributed by atoms with van der Waals surface area (Å²) in [5.41, 5.74) is 2.10. The van der Waals surface area contributed by atoms with Gasteiger partial charge in [-0.3, -0.25) is 0 Å². The number of hydrogen-bond acceptors (Lipinski definition) is 2. The van der Waals surface area contributed by atoms with Crippen LogP contribution < -0.4 is 5.32 Å². The minimum atomic E-state index is -0.191. The van der Waals surface area contributed by atoms with E-state index in [0.717, 1.165) is 32.4 Å². The lowest BCUT2D eigenvalue weighted by molar-refractivity contribution is 0.588. The second-order valence-electron chi connectivity index (χ2n) is 4.66. The van der Waals surface area contributed by atoms with E-state index in [4.69, 9.17) is 0 Å². The standard InChI is InChI=1S/C15H16Br2FNS/c1-3-6-19-14(13-8-12(16)15(17)20-13)11-7-10(18)5-4-9(11)2/h4-5,7-8,14,19H,3,6H2,1-2H3. The van der Waals surface area contributed by atoms with Gasteiger partial charge in [0.2, 0.25) is 0 Å². The third kappa shape index (κ3) is 3.70. The highest BCUT2D eigenvalue weighted by atomic mass is 79.9. The molecule has 0 saturated carbocycles. The maximum Gasteiger partial charge on any atom is 0.123 e. The van der Waals surface area contributed by atoms with Crippen molar-refractivity contribution < 1.29 is 4.39 Å². The Kier molecular flexibility index (Phi) is 5.78. The summed E-state index contributed by atoms with van der Waals surface area (Å²) in [6.45, 7) is 5.05. The van der Waals surface area contributed by atoms with Crippen LogP contribution in [-0.4, -0.2) is 6.54 Å². The van der Waals surface area contributed by atoms with Crippen molar-refractivity contribution in [2.24, 2.45) is 0 Å². The van der Waals surface area contributed by atoms with Gasteiger partial charge in [-0.1, -0.05) is 13.0 Å². The first-order chi connectivity index (χ1) is 9.52. The number of thiophene rings is 1. The number of nitrogens with one attached hydrogen (secondary N) is 1. The van der Waals surface area contributed by atoms with Crippen LogP contribution in [0.25, 0.3) is 0 Å². The Balaban J connectivity index is 2.43. The molecule has 0 amide bonds. The van der Waals surface area contributed by atoms with Crippen molar-refractivity contribution in [1.82, 2.24) is 5.32 Å². The molecule has 0 aliphatic heterocycles. The molecule has 5 heteroatoms. The van der Waals surface area contributed by atoms with Gasteiger partial charge in [-0.05, 0) is 81.1 Å². The Bertz CT molecular complexity index is 578. The Hall–Kier alpha value is -0.230. The van der Waals surface area contributed by atoms with Crippen molar-refractivity contribution in [2.75, 3.05) is 6.54 Å².